The molecule has 2 fully saturated rings. The van der Waals surface area contributed by atoms with Crippen LogP contribution in [0.4, 0.5) is 0 Å². The molecule has 0 aliphatic heterocycles. The Balaban J connectivity index is 2.01. The summed E-state index contributed by atoms with van der Waals surface area (Å²) >= 11 is 0. The summed E-state index contributed by atoms with van der Waals surface area (Å²) in [6, 6.07) is 0. The Morgan fingerprint density at radius 2 is 1.52 bits per heavy atom. The van der Waals surface area contributed by atoms with Crippen molar-refractivity contribution in [3.8, 4) is 0 Å². The first-order valence-electron chi connectivity index (χ1n) is 8.35. The molecule has 0 aromatic heterocycles. The van der Waals surface area contributed by atoms with E-state index in [2.05, 4.69) is 5.32 Å². The van der Waals surface area contributed by atoms with Crippen molar-refractivity contribution in [2.75, 3.05) is 0 Å². The third kappa shape index (κ3) is 3.96. The van der Waals surface area contributed by atoms with Crippen molar-refractivity contribution < 1.29 is 14.7 Å². The molecule has 0 aromatic rings. The van der Waals surface area contributed by atoms with E-state index in [-0.39, 0.29) is 5.92 Å². The van der Waals surface area contributed by atoms with E-state index in [4.69, 9.17) is 5.73 Å². The number of nitrogens with one attached hydrogen (secondary N) is 1. The van der Waals surface area contributed by atoms with Crippen molar-refractivity contribution in [3.63, 3.8) is 0 Å². The normalized spacial score (nSPS) is 24.8. The van der Waals surface area contributed by atoms with Gasteiger partial charge in [-0.25, -0.2) is 0 Å². The van der Waals surface area contributed by atoms with Gasteiger partial charge >= 0.3 is 0 Å². The second kappa shape index (κ2) is 7.25. The second-order valence-corrected chi connectivity index (χ2v) is 6.69. The molecular weight excluding hydrogens is 268 g/mol. The molecule has 0 saturated heterocycles. The highest BCUT2D eigenvalue weighted by atomic mass is 16.3. The van der Waals surface area contributed by atoms with E-state index >= 15 is 0 Å². The Morgan fingerprint density at radius 1 is 1.00 bits per heavy atom. The van der Waals surface area contributed by atoms with Gasteiger partial charge in [-0.05, 0) is 31.6 Å². The zero-order chi connectivity index (χ0) is 15.3. The average Bonchev–Trinajstić information content (AvgIpc) is 2.74. The first-order chi connectivity index (χ1) is 10.1. The fourth-order valence-electron chi connectivity index (χ4n) is 3.74. The largest absolute Gasteiger partial charge is 0.383 e. The van der Waals surface area contributed by atoms with Crippen LogP contribution in [0.15, 0.2) is 0 Å². The van der Waals surface area contributed by atoms with Crippen LogP contribution in [0, 0.1) is 5.92 Å². The molecule has 5 heteroatoms. The Hall–Kier alpha value is -1.10. The number of carbonyl (C=O) groups excluding carboxylic acids is 2. The SMILES string of the molecule is NC(=O)C1(NC(=O)[C@H](O)C2CCCCC2)CCCCCC1. The minimum Gasteiger partial charge on any atom is -0.383 e. The lowest BCUT2D eigenvalue weighted by Gasteiger charge is -2.33. The van der Waals surface area contributed by atoms with Crippen molar-refractivity contribution in [1.82, 2.24) is 5.32 Å². The third-order valence-electron chi connectivity index (χ3n) is 5.16. The van der Waals surface area contributed by atoms with Gasteiger partial charge in [0.1, 0.15) is 11.6 Å². The van der Waals surface area contributed by atoms with Gasteiger partial charge in [0.25, 0.3) is 0 Å². The van der Waals surface area contributed by atoms with Gasteiger partial charge in [-0.3, -0.25) is 9.59 Å². The summed E-state index contributed by atoms with van der Waals surface area (Å²) in [5.41, 5.74) is 4.61. The van der Waals surface area contributed by atoms with Gasteiger partial charge in [0.2, 0.25) is 11.8 Å². The number of primary amides is 1. The Bertz CT molecular complexity index is 370. The fraction of sp³-hybridized carbons (Fsp3) is 0.875. The number of amides is 2. The first-order valence-corrected chi connectivity index (χ1v) is 8.35. The molecule has 21 heavy (non-hydrogen) atoms. The van der Waals surface area contributed by atoms with Crippen molar-refractivity contribution >= 4 is 11.8 Å². The number of nitrogens with two attached hydrogens (primary N) is 1. The lowest BCUT2D eigenvalue weighted by Crippen LogP contribution is -2.59. The molecule has 0 bridgehead atoms. The lowest BCUT2D eigenvalue weighted by atomic mass is 9.83. The fourth-order valence-corrected chi connectivity index (χ4v) is 3.74. The molecule has 2 saturated carbocycles. The van der Waals surface area contributed by atoms with E-state index in [0.29, 0.717) is 12.8 Å². The van der Waals surface area contributed by atoms with E-state index in [1.165, 1.54) is 6.42 Å². The summed E-state index contributed by atoms with van der Waals surface area (Å²) in [6.07, 6.45) is 9.16. The van der Waals surface area contributed by atoms with Crippen LogP contribution in [0.3, 0.4) is 0 Å². The Labute approximate surface area is 126 Å². The number of hydrogen-bond acceptors (Lipinski definition) is 3. The summed E-state index contributed by atoms with van der Waals surface area (Å²) in [5, 5.41) is 13.1. The molecule has 2 aliphatic rings. The van der Waals surface area contributed by atoms with Crippen LogP contribution in [0.1, 0.15) is 70.6 Å². The average molecular weight is 296 g/mol. The molecule has 2 rings (SSSR count). The number of rotatable bonds is 4. The lowest BCUT2D eigenvalue weighted by molar-refractivity contribution is -0.139. The van der Waals surface area contributed by atoms with Gasteiger partial charge in [0.15, 0.2) is 0 Å². The molecule has 0 spiro atoms. The van der Waals surface area contributed by atoms with Gasteiger partial charge < -0.3 is 16.2 Å². The van der Waals surface area contributed by atoms with Crippen LogP contribution in [-0.2, 0) is 9.59 Å². The van der Waals surface area contributed by atoms with Crippen LogP contribution < -0.4 is 11.1 Å². The predicted octanol–water partition coefficient (Wildman–Crippen LogP) is 1.62. The number of hydrogen-bond donors (Lipinski definition) is 3. The molecule has 2 aliphatic carbocycles. The maximum absolute atomic E-state index is 12.4. The zero-order valence-corrected chi connectivity index (χ0v) is 12.8. The maximum atomic E-state index is 12.4. The van der Waals surface area contributed by atoms with E-state index in [1.807, 2.05) is 0 Å². The summed E-state index contributed by atoms with van der Waals surface area (Å²) in [4.78, 5) is 24.3. The van der Waals surface area contributed by atoms with Crippen molar-refractivity contribution in [1.29, 1.82) is 0 Å². The minimum atomic E-state index is -1.01. The smallest absolute Gasteiger partial charge is 0.249 e. The highest BCUT2D eigenvalue weighted by Crippen LogP contribution is 2.29. The predicted molar refractivity (Wildman–Crippen MR) is 80.4 cm³/mol. The molecule has 0 heterocycles. The van der Waals surface area contributed by atoms with E-state index < -0.39 is 23.5 Å². The first kappa shape index (κ1) is 16.3. The number of aliphatic hydroxyl groups excluding tert-OH is 1. The number of carbonyl (C=O) groups is 2. The molecule has 120 valence electrons. The maximum Gasteiger partial charge on any atom is 0.249 e. The van der Waals surface area contributed by atoms with Gasteiger partial charge in [-0.15, -0.1) is 0 Å². The molecule has 0 radical (unpaired) electrons. The summed E-state index contributed by atoms with van der Waals surface area (Å²) in [7, 11) is 0. The second-order valence-electron chi connectivity index (χ2n) is 6.69. The minimum absolute atomic E-state index is 0.0226. The Morgan fingerprint density at radius 3 is 2.05 bits per heavy atom. The summed E-state index contributed by atoms with van der Waals surface area (Å²) in [6.45, 7) is 0. The van der Waals surface area contributed by atoms with Crippen LogP contribution >= 0.6 is 0 Å². The van der Waals surface area contributed by atoms with E-state index in [9.17, 15) is 14.7 Å². The molecule has 5 nitrogen and oxygen atoms in total. The van der Waals surface area contributed by atoms with Gasteiger partial charge in [-0.1, -0.05) is 44.9 Å². The summed E-state index contributed by atoms with van der Waals surface area (Å²) in [5.74, 6) is -0.856. The zero-order valence-electron chi connectivity index (χ0n) is 12.8. The van der Waals surface area contributed by atoms with Gasteiger partial charge in [0, 0.05) is 0 Å². The molecule has 1 atom stereocenters. The molecule has 4 N–H and O–H groups in total. The van der Waals surface area contributed by atoms with Crippen LogP contribution in [-0.4, -0.2) is 28.6 Å². The van der Waals surface area contributed by atoms with Crippen molar-refractivity contribution in [3.05, 3.63) is 0 Å². The number of aliphatic hydroxyl groups is 1. The molecule has 0 unspecified atom stereocenters. The molecule has 0 aromatic carbocycles. The molecular formula is C16H28N2O3. The van der Waals surface area contributed by atoms with E-state index in [0.717, 1.165) is 51.4 Å². The van der Waals surface area contributed by atoms with E-state index in [1.54, 1.807) is 0 Å². The van der Waals surface area contributed by atoms with Crippen LogP contribution in [0.2, 0.25) is 0 Å². The highest BCUT2D eigenvalue weighted by molar-refractivity contribution is 5.91. The van der Waals surface area contributed by atoms with Crippen molar-refractivity contribution in [2.45, 2.75) is 82.3 Å². The monoisotopic (exact) mass is 296 g/mol. The molecule has 2 amide bonds. The highest BCUT2D eigenvalue weighted by Gasteiger charge is 2.40. The quantitative estimate of drug-likeness (QED) is 0.688. The van der Waals surface area contributed by atoms with Crippen LogP contribution in [0.5, 0.6) is 0 Å². The van der Waals surface area contributed by atoms with Crippen molar-refractivity contribution in [2.24, 2.45) is 11.7 Å². The topological polar surface area (TPSA) is 92.4 Å². The summed E-state index contributed by atoms with van der Waals surface area (Å²) < 4.78 is 0. The Kier molecular flexibility index (Phi) is 5.62. The van der Waals surface area contributed by atoms with Crippen LogP contribution in [0.25, 0.3) is 0 Å². The van der Waals surface area contributed by atoms with Gasteiger partial charge in [0.05, 0.1) is 0 Å². The standard InChI is InChI=1S/C16H28N2O3/c17-15(21)16(10-6-1-2-7-11-16)18-14(20)13(19)12-8-4-3-5-9-12/h12-13,19H,1-11H2,(H2,17,21)(H,18,20)/t13-/m1/s1. The third-order valence-corrected chi connectivity index (χ3v) is 5.16. The van der Waals surface area contributed by atoms with Gasteiger partial charge in [-0.2, -0.15) is 0 Å².